The molecule has 1 aromatic rings. The highest BCUT2D eigenvalue weighted by atomic mass is 19.1. The van der Waals surface area contributed by atoms with Gasteiger partial charge in [-0.2, -0.15) is 0 Å². The van der Waals surface area contributed by atoms with Gasteiger partial charge in [-0.05, 0) is 24.6 Å². The lowest BCUT2D eigenvalue weighted by atomic mass is 10.1. The number of nitrogens with two attached hydrogens (primary N) is 2. The highest BCUT2D eigenvalue weighted by Crippen LogP contribution is 2.21. The predicted molar refractivity (Wildman–Crippen MR) is 68.8 cm³/mol. The number of rotatable bonds is 3. The highest BCUT2D eigenvalue weighted by molar-refractivity contribution is 5.97. The molecule has 0 heterocycles. The summed E-state index contributed by atoms with van der Waals surface area (Å²) in [5.74, 6) is -2.04. The van der Waals surface area contributed by atoms with Gasteiger partial charge in [-0.3, -0.25) is 9.59 Å². The quantitative estimate of drug-likeness (QED) is 0.702. The zero-order chi connectivity index (χ0) is 14.0. The minimum Gasteiger partial charge on any atom is -0.366 e. The second kappa shape index (κ2) is 5.19. The maximum absolute atomic E-state index is 13.5. The standard InChI is InChI=1S/C13H14FN3O2/c14-10-4-2-7(12(16)18)6-11(10)17-13(19)8-1-3-9(15)5-8/h1-4,6,8-9H,5,15H2,(H2,16,18)(H,17,19). The SMILES string of the molecule is NC(=O)c1ccc(F)c(NC(=O)C2C=CC(N)C2)c1. The van der Waals surface area contributed by atoms with Crippen molar-refractivity contribution in [3.63, 3.8) is 0 Å². The van der Waals surface area contributed by atoms with Crippen LogP contribution in [0.25, 0.3) is 0 Å². The Labute approximate surface area is 109 Å². The molecule has 2 rings (SSSR count). The molecule has 1 aliphatic carbocycles. The van der Waals surface area contributed by atoms with Crippen LogP contribution in [0.4, 0.5) is 10.1 Å². The second-order valence-electron chi connectivity index (χ2n) is 4.44. The molecule has 5 nitrogen and oxygen atoms in total. The number of amides is 2. The second-order valence-corrected chi connectivity index (χ2v) is 4.44. The summed E-state index contributed by atoms with van der Waals surface area (Å²) >= 11 is 0. The average Bonchev–Trinajstić information content (AvgIpc) is 2.78. The van der Waals surface area contributed by atoms with Crippen molar-refractivity contribution in [3.05, 3.63) is 41.7 Å². The molecule has 2 atom stereocenters. The Hall–Kier alpha value is -2.21. The minimum atomic E-state index is -0.682. The summed E-state index contributed by atoms with van der Waals surface area (Å²) in [6.45, 7) is 0. The Morgan fingerprint density at radius 3 is 2.63 bits per heavy atom. The van der Waals surface area contributed by atoms with Crippen molar-refractivity contribution in [3.8, 4) is 0 Å². The summed E-state index contributed by atoms with van der Waals surface area (Å²) < 4.78 is 13.5. The van der Waals surface area contributed by atoms with Crippen LogP contribution in [0, 0.1) is 11.7 Å². The van der Waals surface area contributed by atoms with Crippen molar-refractivity contribution < 1.29 is 14.0 Å². The summed E-state index contributed by atoms with van der Waals surface area (Å²) in [5.41, 5.74) is 10.8. The maximum atomic E-state index is 13.5. The third kappa shape index (κ3) is 2.97. The summed E-state index contributed by atoms with van der Waals surface area (Å²) in [5, 5.41) is 2.44. The molecule has 0 saturated heterocycles. The van der Waals surface area contributed by atoms with Crippen LogP contribution in [-0.4, -0.2) is 17.9 Å². The molecule has 0 saturated carbocycles. The maximum Gasteiger partial charge on any atom is 0.248 e. The Bertz CT molecular complexity index is 557. The first-order valence-electron chi connectivity index (χ1n) is 5.81. The summed E-state index contributed by atoms with van der Waals surface area (Å²) in [7, 11) is 0. The number of nitrogens with one attached hydrogen (secondary N) is 1. The van der Waals surface area contributed by atoms with Crippen LogP contribution in [0.3, 0.4) is 0 Å². The molecular weight excluding hydrogens is 249 g/mol. The number of primary amides is 1. The molecule has 0 spiro atoms. The first kappa shape index (κ1) is 13.2. The van der Waals surface area contributed by atoms with E-state index in [-0.39, 0.29) is 29.1 Å². The van der Waals surface area contributed by atoms with Crippen molar-refractivity contribution in [1.29, 1.82) is 0 Å². The van der Waals surface area contributed by atoms with E-state index in [4.69, 9.17) is 11.5 Å². The molecule has 19 heavy (non-hydrogen) atoms. The number of halogens is 1. The molecule has 1 aromatic carbocycles. The van der Waals surface area contributed by atoms with Gasteiger partial charge >= 0.3 is 0 Å². The van der Waals surface area contributed by atoms with Crippen molar-refractivity contribution >= 4 is 17.5 Å². The van der Waals surface area contributed by atoms with E-state index < -0.39 is 11.7 Å². The van der Waals surface area contributed by atoms with Crippen molar-refractivity contribution in [1.82, 2.24) is 0 Å². The fourth-order valence-corrected chi connectivity index (χ4v) is 1.92. The topological polar surface area (TPSA) is 98.2 Å². The van der Waals surface area contributed by atoms with Gasteiger partial charge in [0.15, 0.2) is 0 Å². The molecule has 100 valence electrons. The van der Waals surface area contributed by atoms with Gasteiger partial charge in [0.05, 0.1) is 11.6 Å². The molecule has 0 fully saturated rings. The van der Waals surface area contributed by atoms with Crippen LogP contribution < -0.4 is 16.8 Å². The van der Waals surface area contributed by atoms with E-state index in [1.165, 1.54) is 12.1 Å². The fourth-order valence-electron chi connectivity index (χ4n) is 1.92. The lowest BCUT2D eigenvalue weighted by Crippen LogP contribution is -2.24. The Morgan fingerprint density at radius 1 is 1.32 bits per heavy atom. The number of anilines is 1. The Kier molecular flexibility index (Phi) is 3.62. The zero-order valence-electron chi connectivity index (χ0n) is 10.1. The normalized spacial score (nSPS) is 21.4. The van der Waals surface area contributed by atoms with E-state index in [0.29, 0.717) is 6.42 Å². The summed E-state index contributed by atoms with van der Waals surface area (Å²) in [4.78, 5) is 22.9. The predicted octanol–water partition coefficient (Wildman–Crippen LogP) is 0.766. The Balaban J connectivity index is 2.14. The van der Waals surface area contributed by atoms with E-state index in [0.717, 1.165) is 6.07 Å². The lowest BCUT2D eigenvalue weighted by molar-refractivity contribution is -0.118. The molecule has 2 amide bonds. The van der Waals surface area contributed by atoms with Gasteiger partial charge in [0.1, 0.15) is 5.82 Å². The Morgan fingerprint density at radius 2 is 2.05 bits per heavy atom. The van der Waals surface area contributed by atoms with Crippen molar-refractivity contribution in [2.75, 3.05) is 5.32 Å². The van der Waals surface area contributed by atoms with Crippen LogP contribution in [0.15, 0.2) is 30.4 Å². The number of carbonyl (C=O) groups excluding carboxylic acids is 2. The summed E-state index contributed by atoms with van der Waals surface area (Å²) in [6, 6.07) is 3.41. The third-order valence-electron chi connectivity index (χ3n) is 2.96. The molecule has 0 bridgehead atoms. The smallest absolute Gasteiger partial charge is 0.248 e. The van der Waals surface area contributed by atoms with Gasteiger partial charge in [0.2, 0.25) is 11.8 Å². The van der Waals surface area contributed by atoms with Crippen LogP contribution in [0.5, 0.6) is 0 Å². The molecule has 5 N–H and O–H groups in total. The average molecular weight is 263 g/mol. The molecule has 0 radical (unpaired) electrons. The monoisotopic (exact) mass is 263 g/mol. The van der Waals surface area contributed by atoms with E-state index in [2.05, 4.69) is 5.32 Å². The molecule has 1 aliphatic rings. The van der Waals surface area contributed by atoms with Gasteiger partial charge in [0, 0.05) is 11.6 Å². The summed E-state index contributed by atoms with van der Waals surface area (Å²) in [6.07, 6.45) is 3.92. The third-order valence-corrected chi connectivity index (χ3v) is 2.96. The van der Waals surface area contributed by atoms with E-state index >= 15 is 0 Å². The minimum absolute atomic E-state index is 0.0600. The lowest BCUT2D eigenvalue weighted by Gasteiger charge is -2.11. The van der Waals surface area contributed by atoms with Crippen molar-refractivity contribution in [2.45, 2.75) is 12.5 Å². The molecule has 0 aromatic heterocycles. The van der Waals surface area contributed by atoms with E-state index in [9.17, 15) is 14.0 Å². The number of hydrogen-bond acceptors (Lipinski definition) is 3. The number of benzene rings is 1. The van der Waals surface area contributed by atoms with Gasteiger partial charge < -0.3 is 16.8 Å². The van der Waals surface area contributed by atoms with Crippen LogP contribution in [-0.2, 0) is 4.79 Å². The van der Waals surface area contributed by atoms with Crippen molar-refractivity contribution in [2.24, 2.45) is 17.4 Å². The van der Waals surface area contributed by atoms with Crippen LogP contribution in [0.2, 0.25) is 0 Å². The van der Waals surface area contributed by atoms with Gasteiger partial charge in [-0.15, -0.1) is 0 Å². The fraction of sp³-hybridized carbons (Fsp3) is 0.231. The first-order chi connectivity index (χ1) is 8.97. The largest absolute Gasteiger partial charge is 0.366 e. The first-order valence-corrected chi connectivity index (χ1v) is 5.81. The van der Waals surface area contributed by atoms with Gasteiger partial charge in [0.25, 0.3) is 0 Å². The highest BCUT2D eigenvalue weighted by Gasteiger charge is 2.23. The van der Waals surface area contributed by atoms with E-state index in [1.54, 1.807) is 12.2 Å². The molecule has 2 unspecified atom stereocenters. The molecule has 0 aliphatic heterocycles. The number of carbonyl (C=O) groups is 2. The van der Waals surface area contributed by atoms with E-state index in [1.807, 2.05) is 0 Å². The molecule has 6 heteroatoms. The zero-order valence-corrected chi connectivity index (χ0v) is 10.1. The van der Waals surface area contributed by atoms with Crippen LogP contribution >= 0.6 is 0 Å². The van der Waals surface area contributed by atoms with Gasteiger partial charge in [-0.1, -0.05) is 12.2 Å². The molecular formula is C13H14FN3O2. The van der Waals surface area contributed by atoms with Crippen LogP contribution in [0.1, 0.15) is 16.8 Å². The van der Waals surface area contributed by atoms with Gasteiger partial charge in [-0.25, -0.2) is 4.39 Å². The number of hydrogen-bond donors (Lipinski definition) is 3.